The molecule has 0 aliphatic carbocycles. The number of halogens is 3. The maximum atomic E-state index is 12.3. The van der Waals surface area contributed by atoms with Crippen molar-refractivity contribution in [2.45, 2.75) is 31.5 Å². The third-order valence-electron chi connectivity index (χ3n) is 4.99. The molecule has 1 fully saturated rings. The SMILES string of the molecule is O=[N+]([O-])c1ccc(CN2C[C@H](O)C[C@H]2c2nc(-c3ccc(OC(F)(F)F)cc3)no2)cc1. The Hall–Kier alpha value is -3.51. The molecular formula is C20H17F3N4O5. The van der Waals surface area contributed by atoms with Gasteiger partial charge in [0.2, 0.25) is 11.7 Å². The molecule has 1 saturated heterocycles. The van der Waals surface area contributed by atoms with Crippen LogP contribution in [0, 0.1) is 10.1 Å². The molecule has 0 amide bonds. The van der Waals surface area contributed by atoms with Crippen LogP contribution < -0.4 is 4.74 Å². The van der Waals surface area contributed by atoms with Gasteiger partial charge in [-0.2, -0.15) is 4.98 Å². The van der Waals surface area contributed by atoms with Crippen molar-refractivity contribution in [3.05, 3.63) is 70.1 Å². The minimum atomic E-state index is -4.78. The number of nitro groups is 1. The number of likely N-dealkylation sites (tertiary alicyclic amines) is 1. The van der Waals surface area contributed by atoms with Gasteiger partial charge in [0.1, 0.15) is 5.75 Å². The molecule has 3 aromatic rings. The minimum absolute atomic E-state index is 0.0139. The average Bonchev–Trinajstić information content (AvgIpc) is 3.34. The molecule has 2 atom stereocenters. The lowest BCUT2D eigenvalue weighted by Gasteiger charge is -2.21. The summed E-state index contributed by atoms with van der Waals surface area (Å²) in [4.78, 5) is 16.6. The molecule has 0 unspecified atom stereocenters. The number of ether oxygens (including phenoxy) is 1. The number of rotatable bonds is 6. The second kappa shape index (κ2) is 8.55. The van der Waals surface area contributed by atoms with Gasteiger partial charge in [-0.15, -0.1) is 13.2 Å². The molecule has 2 aromatic carbocycles. The van der Waals surface area contributed by atoms with Crippen LogP contribution in [-0.2, 0) is 6.54 Å². The number of aromatic nitrogens is 2. The Morgan fingerprint density at radius 3 is 2.50 bits per heavy atom. The third-order valence-corrected chi connectivity index (χ3v) is 4.99. The van der Waals surface area contributed by atoms with E-state index in [1.807, 2.05) is 4.90 Å². The predicted molar refractivity (Wildman–Crippen MR) is 103 cm³/mol. The number of nitrogens with zero attached hydrogens (tertiary/aromatic N) is 4. The summed E-state index contributed by atoms with van der Waals surface area (Å²) in [7, 11) is 0. The van der Waals surface area contributed by atoms with Gasteiger partial charge in [0.25, 0.3) is 5.69 Å². The first-order chi connectivity index (χ1) is 15.2. The third kappa shape index (κ3) is 5.03. The summed E-state index contributed by atoms with van der Waals surface area (Å²) >= 11 is 0. The van der Waals surface area contributed by atoms with Crippen molar-refractivity contribution in [1.82, 2.24) is 15.0 Å². The Kier molecular flexibility index (Phi) is 5.80. The molecule has 32 heavy (non-hydrogen) atoms. The molecule has 1 aliphatic rings. The van der Waals surface area contributed by atoms with Gasteiger partial charge in [-0.1, -0.05) is 17.3 Å². The largest absolute Gasteiger partial charge is 0.573 e. The van der Waals surface area contributed by atoms with Crippen molar-refractivity contribution in [2.75, 3.05) is 6.54 Å². The average molecular weight is 450 g/mol. The van der Waals surface area contributed by atoms with Gasteiger partial charge in [0.05, 0.1) is 17.1 Å². The molecule has 1 N–H and O–H groups in total. The molecule has 4 rings (SSSR count). The molecule has 12 heteroatoms. The number of alkyl halides is 3. The van der Waals surface area contributed by atoms with Crippen LogP contribution in [-0.4, -0.2) is 44.1 Å². The zero-order valence-electron chi connectivity index (χ0n) is 16.4. The monoisotopic (exact) mass is 450 g/mol. The van der Waals surface area contributed by atoms with Gasteiger partial charge >= 0.3 is 6.36 Å². The highest BCUT2D eigenvalue weighted by molar-refractivity contribution is 5.55. The first kappa shape index (κ1) is 21.7. The topological polar surface area (TPSA) is 115 Å². The zero-order chi connectivity index (χ0) is 22.9. The summed E-state index contributed by atoms with van der Waals surface area (Å²) in [6.07, 6.45) is -5.04. The summed E-state index contributed by atoms with van der Waals surface area (Å²) < 4.78 is 46.1. The maximum absolute atomic E-state index is 12.3. The quantitative estimate of drug-likeness (QED) is 0.445. The molecule has 0 bridgehead atoms. The van der Waals surface area contributed by atoms with Crippen molar-refractivity contribution < 1.29 is 32.5 Å². The van der Waals surface area contributed by atoms with Crippen LogP contribution in [0.25, 0.3) is 11.4 Å². The number of β-amino-alcohol motifs (C(OH)–C–C–N with tert-alkyl or cyclic N) is 1. The van der Waals surface area contributed by atoms with Crippen LogP contribution in [0.4, 0.5) is 18.9 Å². The fourth-order valence-electron chi connectivity index (χ4n) is 3.56. The predicted octanol–water partition coefficient (Wildman–Crippen LogP) is 3.85. The van der Waals surface area contributed by atoms with E-state index in [-0.39, 0.29) is 29.2 Å². The smallest absolute Gasteiger partial charge is 0.406 e. The summed E-state index contributed by atoms with van der Waals surface area (Å²) in [6, 6.07) is 10.8. The van der Waals surface area contributed by atoms with Crippen molar-refractivity contribution in [3.8, 4) is 17.1 Å². The molecule has 0 spiro atoms. The van der Waals surface area contributed by atoms with Crippen LogP contribution in [0.15, 0.2) is 53.1 Å². The molecule has 1 aromatic heterocycles. The standard InChI is InChI=1S/C20H17F3N4O5/c21-20(22,23)31-16-7-3-13(4-8-16)18-24-19(32-25-18)17-9-15(28)11-26(17)10-12-1-5-14(6-2-12)27(29)30/h1-8,15,17,28H,9-11H2/t15-,17+/m1/s1. The Balaban J connectivity index is 1.48. The van der Waals surface area contributed by atoms with Crippen molar-refractivity contribution in [3.63, 3.8) is 0 Å². The number of non-ortho nitro benzene ring substituents is 1. The first-order valence-corrected chi connectivity index (χ1v) is 9.53. The maximum Gasteiger partial charge on any atom is 0.573 e. The van der Waals surface area contributed by atoms with Crippen molar-refractivity contribution >= 4 is 5.69 Å². The highest BCUT2D eigenvalue weighted by Crippen LogP contribution is 2.34. The van der Waals surface area contributed by atoms with E-state index in [1.165, 1.54) is 24.3 Å². The van der Waals surface area contributed by atoms with Crippen LogP contribution >= 0.6 is 0 Å². The molecule has 0 radical (unpaired) electrons. The van der Waals surface area contributed by atoms with Crippen molar-refractivity contribution in [2.24, 2.45) is 0 Å². The molecule has 2 heterocycles. The Bertz CT molecular complexity index is 1090. The normalized spacial score (nSPS) is 19.2. The van der Waals surface area contributed by atoms with Crippen LogP contribution in [0.5, 0.6) is 5.75 Å². The van der Waals surface area contributed by atoms with Crippen LogP contribution in [0.2, 0.25) is 0 Å². The summed E-state index contributed by atoms with van der Waals surface area (Å²) in [5.74, 6) is 0.0856. The van der Waals surface area contributed by atoms with E-state index in [1.54, 1.807) is 12.1 Å². The lowest BCUT2D eigenvalue weighted by molar-refractivity contribution is -0.384. The van der Waals surface area contributed by atoms with Gasteiger partial charge < -0.3 is 14.4 Å². The van der Waals surface area contributed by atoms with Gasteiger partial charge in [-0.3, -0.25) is 15.0 Å². The van der Waals surface area contributed by atoms with Gasteiger partial charge in [-0.05, 0) is 36.2 Å². The highest BCUT2D eigenvalue weighted by atomic mass is 19.4. The number of aliphatic hydroxyl groups is 1. The van der Waals surface area contributed by atoms with Crippen molar-refractivity contribution in [1.29, 1.82) is 0 Å². The summed E-state index contributed by atoms with van der Waals surface area (Å²) in [5, 5.41) is 24.9. The molecular weight excluding hydrogens is 433 g/mol. The Labute approximate surface area is 179 Å². The number of aliphatic hydroxyl groups excluding tert-OH is 1. The van der Waals surface area contributed by atoms with Crippen LogP contribution in [0.3, 0.4) is 0 Å². The number of hydrogen-bond acceptors (Lipinski definition) is 8. The second-order valence-corrected chi connectivity index (χ2v) is 7.29. The first-order valence-electron chi connectivity index (χ1n) is 9.53. The molecule has 1 aliphatic heterocycles. The number of nitro benzene ring substituents is 1. The summed E-state index contributed by atoms with van der Waals surface area (Å²) in [6.45, 7) is 0.754. The second-order valence-electron chi connectivity index (χ2n) is 7.29. The molecule has 9 nitrogen and oxygen atoms in total. The Morgan fingerprint density at radius 2 is 1.88 bits per heavy atom. The fraction of sp³-hybridized carbons (Fsp3) is 0.300. The Morgan fingerprint density at radius 1 is 1.19 bits per heavy atom. The van der Waals surface area contributed by atoms with Gasteiger partial charge in [0.15, 0.2) is 0 Å². The van der Waals surface area contributed by atoms with E-state index < -0.39 is 17.4 Å². The van der Waals surface area contributed by atoms with Gasteiger partial charge in [-0.25, -0.2) is 0 Å². The number of hydrogen-bond donors (Lipinski definition) is 1. The van der Waals surface area contributed by atoms with E-state index >= 15 is 0 Å². The summed E-state index contributed by atoms with van der Waals surface area (Å²) in [5.41, 5.74) is 1.24. The van der Waals surface area contributed by atoms with Gasteiger partial charge in [0, 0.05) is 30.8 Å². The van der Waals surface area contributed by atoms with E-state index in [0.29, 0.717) is 25.1 Å². The molecule has 168 valence electrons. The lowest BCUT2D eigenvalue weighted by Crippen LogP contribution is -2.24. The lowest BCUT2D eigenvalue weighted by atomic mass is 10.1. The van der Waals surface area contributed by atoms with E-state index in [4.69, 9.17) is 4.52 Å². The van der Waals surface area contributed by atoms with Crippen LogP contribution in [0.1, 0.15) is 23.9 Å². The van der Waals surface area contributed by atoms with E-state index in [2.05, 4.69) is 14.9 Å². The zero-order valence-corrected chi connectivity index (χ0v) is 16.4. The van der Waals surface area contributed by atoms with E-state index in [0.717, 1.165) is 17.7 Å². The number of benzene rings is 2. The molecule has 0 saturated carbocycles. The highest BCUT2D eigenvalue weighted by Gasteiger charge is 2.36. The fourth-order valence-corrected chi connectivity index (χ4v) is 3.56. The minimum Gasteiger partial charge on any atom is -0.406 e. The van der Waals surface area contributed by atoms with E-state index in [9.17, 15) is 28.4 Å².